The van der Waals surface area contributed by atoms with Crippen molar-refractivity contribution in [3.05, 3.63) is 60.0 Å². The number of nitrogens with zero attached hydrogens (tertiary/aromatic N) is 2. The number of hydrogen-bond acceptors (Lipinski definition) is 4. The molecule has 5 nitrogen and oxygen atoms in total. The van der Waals surface area contributed by atoms with Crippen molar-refractivity contribution < 1.29 is 8.42 Å². The number of imidazole rings is 1. The Labute approximate surface area is 124 Å². The SMILES string of the molecule is CC(NC1C=CS(=O)(=O)C1)c1ccc(-n2ccnc2)cc1. The molecular formula is C15H17N3O2S. The van der Waals surface area contributed by atoms with E-state index >= 15 is 0 Å². The van der Waals surface area contributed by atoms with Gasteiger partial charge in [-0.05, 0) is 24.6 Å². The lowest BCUT2D eigenvalue weighted by Gasteiger charge is -2.18. The monoisotopic (exact) mass is 303 g/mol. The van der Waals surface area contributed by atoms with Crippen molar-refractivity contribution in [1.82, 2.24) is 14.9 Å². The van der Waals surface area contributed by atoms with Crippen LogP contribution in [0.1, 0.15) is 18.5 Å². The highest BCUT2D eigenvalue weighted by molar-refractivity contribution is 7.94. The Kier molecular flexibility index (Phi) is 3.65. The van der Waals surface area contributed by atoms with E-state index in [9.17, 15) is 8.42 Å². The molecule has 2 unspecified atom stereocenters. The molecule has 0 saturated carbocycles. The summed E-state index contributed by atoms with van der Waals surface area (Å²) >= 11 is 0. The predicted octanol–water partition coefficient (Wildman–Crippen LogP) is 1.83. The van der Waals surface area contributed by atoms with Gasteiger partial charge in [0.1, 0.15) is 0 Å². The Balaban J connectivity index is 1.68. The lowest BCUT2D eigenvalue weighted by atomic mass is 10.1. The molecule has 3 rings (SSSR count). The molecule has 2 atom stereocenters. The van der Waals surface area contributed by atoms with Gasteiger partial charge in [-0.3, -0.25) is 0 Å². The van der Waals surface area contributed by atoms with E-state index < -0.39 is 9.84 Å². The highest BCUT2D eigenvalue weighted by Crippen LogP contribution is 2.18. The second-order valence-corrected chi connectivity index (χ2v) is 7.15. The van der Waals surface area contributed by atoms with E-state index in [1.54, 1.807) is 18.6 Å². The zero-order chi connectivity index (χ0) is 14.9. The van der Waals surface area contributed by atoms with Crippen LogP contribution in [0.15, 0.2) is 54.5 Å². The van der Waals surface area contributed by atoms with Crippen molar-refractivity contribution in [2.75, 3.05) is 5.75 Å². The summed E-state index contributed by atoms with van der Waals surface area (Å²) in [6.45, 7) is 2.03. The molecule has 2 aromatic rings. The summed E-state index contributed by atoms with van der Waals surface area (Å²) in [7, 11) is -3.01. The minimum absolute atomic E-state index is 0.0878. The van der Waals surface area contributed by atoms with Crippen molar-refractivity contribution in [1.29, 1.82) is 0 Å². The molecule has 1 aromatic heterocycles. The highest BCUT2D eigenvalue weighted by Gasteiger charge is 2.22. The summed E-state index contributed by atoms with van der Waals surface area (Å²) in [5.41, 5.74) is 2.17. The second-order valence-electron chi connectivity index (χ2n) is 5.21. The molecule has 0 saturated heterocycles. The Hall–Kier alpha value is -1.92. The average Bonchev–Trinajstić information content (AvgIpc) is 3.09. The number of benzene rings is 1. The first-order chi connectivity index (χ1) is 10.0. The van der Waals surface area contributed by atoms with E-state index in [1.807, 2.05) is 42.0 Å². The summed E-state index contributed by atoms with van der Waals surface area (Å²) < 4.78 is 24.7. The van der Waals surface area contributed by atoms with Crippen molar-refractivity contribution in [3.8, 4) is 5.69 Å². The first-order valence-electron chi connectivity index (χ1n) is 6.79. The number of nitrogens with one attached hydrogen (secondary N) is 1. The molecule has 6 heteroatoms. The first kappa shape index (κ1) is 14.0. The summed E-state index contributed by atoms with van der Waals surface area (Å²) in [5.74, 6) is 0.143. The molecule has 1 aromatic carbocycles. The van der Waals surface area contributed by atoms with Crippen LogP contribution in [-0.4, -0.2) is 29.8 Å². The molecule has 0 bridgehead atoms. The molecule has 110 valence electrons. The fraction of sp³-hybridized carbons (Fsp3) is 0.267. The lowest BCUT2D eigenvalue weighted by molar-refractivity contribution is 0.535. The molecule has 1 aliphatic heterocycles. The molecule has 1 N–H and O–H groups in total. The van der Waals surface area contributed by atoms with Gasteiger partial charge in [-0.25, -0.2) is 13.4 Å². The van der Waals surface area contributed by atoms with Gasteiger partial charge in [0.2, 0.25) is 0 Å². The van der Waals surface area contributed by atoms with Crippen molar-refractivity contribution in [2.24, 2.45) is 0 Å². The molecule has 0 aliphatic carbocycles. The van der Waals surface area contributed by atoms with Crippen LogP contribution in [0.5, 0.6) is 0 Å². The zero-order valence-electron chi connectivity index (χ0n) is 11.7. The third kappa shape index (κ3) is 3.22. The largest absolute Gasteiger partial charge is 0.306 e. The van der Waals surface area contributed by atoms with Crippen LogP contribution in [0.4, 0.5) is 0 Å². The fourth-order valence-electron chi connectivity index (χ4n) is 2.44. The van der Waals surface area contributed by atoms with Crippen LogP contribution >= 0.6 is 0 Å². The van der Waals surface area contributed by atoms with Crippen molar-refractivity contribution in [3.63, 3.8) is 0 Å². The Morgan fingerprint density at radius 3 is 2.67 bits per heavy atom. The van der Waals surface area contributed by atoms with Crippen LogP contribution in [-0.2, 0) is 9.84 Å². The molecule has 1 aliphatic rings. The van der Waals surface area contributed by atoms with Crippen LogP contribution in [0.3, 0.4) is 0 Å². The van der Waals surface area contributed by atoms with Gasteiger partial charge in [0.05, 0.1) is 12.1 Å². The fourth-order valence-corrected chi connectivity index (χ4v) is 3.69. The van der Waals surface area contributed by atoms with E-state index in [0.717, 1.165) is 11.3 Å². The maximum Gasteiger partial charge on any atom is 0.173 e. The summed E-state index contributed by atoms with van der Waals surface area (Å²) in [5, 5.41) is 4.61. The maximum atomic E-state index is 11.4. The molecule has 21 heavy (non-hydrogen) atoms. The Morgan fingerprint density at radius 1 is 1.33 bits per heavy atom. The molecule has 2 heterocycles. The zero-order valence-corrected chi connectivity index (χ0v) is 12.5. The molecular weight excluding hydrogens is 286 g/mol. The van der Waals surface area contributed by atoms with E-state index in [0.29, 0.717) is 0 Å². The summed E-state index contributed by atoms with van der Waals surface area (Å²) in [4.78, 5) is 4.02. The van der Waals surface area contributed by atoms with Crippen molar-refractivity contribution >= 4 is 9.84 Å². The topological polar surface area (TPSA) is 64.0 Å². The first-order valence-corrected chi connectivity index (χ1v) is 8.50. The Morgan fingerprint density at radius 2 is 2.10 bits per heavy atom. The van der Waals surface area contributed by atoms with Gasteiger partial charge in [-0.2, -0.15) is 0 Å². The van der Waals surface area contributed by atoms with Crippen LogP contribution < -0.4 is 5.32 Å². The van der Waals surface area contributed by atoms with Gasteiger partial charge in [0.15, 0.2) is 9.84 Å². The maximum absolute atomic E-state index is 11.4. The summed E-state index contributed by atoms with van der Waals surface area (Å²) in [6, 6.07) is 8.11. The third-order valence-electron chi connectivity index (χ3n) is 3.59. The summed E-state index contributed by atoms with van der Waals surface area (Å²) in [6.07, 6.45) is 7.10. The number of rotatable bonds is 4. The van der Waals surface area contributed by atoms with Gasteiger partial charge >= 0.3 is 0 Å². The van der Waals surface area contributed by atoms with Crippen LogP contribution in [0.2, 0.25) is 0 Å². The average molecular weight is 303 g/mol. The molecule has 0 radical (unpaired) electrons. The van der Waals surface area contributed by atoms with Crippen LogP contribution in [0, 0.1) is 0 Å². The molecule has 0 spiro atoms. The van der Waals surface area contributed by atoms with Gasteiger partial charge in [0.25, 0.3) is 0 Å². The van der Waals surface area contributed by atoms with E-state index in [2.05, 4.69) is 10.3 Å². The minimum Gasteiger partial charge on any atom is -0.306 e. The Bertz CT molecular complexity index is 734. The van der Waals surface area contributed by atoms with Gasteiger partial charge < -0.3 is 9.88 Å². The quantitative estimate of drug-likeness (QED) is 0.936. The van der Waals surface area contributed by atoms with Gasteiger partial charge in [0, 0.05) is 35.6 Å². The minimum atomic E-state index is -3.01. The normalized spacial score (nSPS) is 21.5. The number of sulfone groups is 1. The lowest BCUT2D eigenvalue weighted by Crippen LogP contribution is -2.32. The van der Waals surface area contributed by atoms with Gasteiger partial charge in [-0.1, -0.05) is 18.2 Å². The smallest absolute Gasteiger partial charge is 0.173 e. The van der Waals surface area contributed by atoms with Gasteiger partial charge in [-0.15, -0.1) is 0 Å². The van der Waals surface area contributed by atoms with Crippen molar-refractivity contribution in [2.45, 2.75) is 19.0 Å². The predicted molar refractivity (Wildman–Crippen MR) is 81.8 cm³/mol. The van der Waals surface area contributed by atoms with E-state index in [4.69, 9.17) is 0 Å². The number of aromatic nitrogens is 2. The number of hydrogen-bond donors (Lipinski definition) is 1. The van der Waals surface area contributed by atoms with E-state index in [1.165, 1.54) is 5.41 Å². The molecule has 0 fully saturated rings. The second kappa shape index (κ2) is 5.46. The van der Waals surface area contributed by atoms with E-state index in [-0.39, 0.29) is 17.8 Å². The standard InChI is InChI=1S/C15H17N3O2S/c1-12(17-14-6-9-21(19,20)10-14)13-2-4-15(5-3-13)18-8-7-16-11-18/h2-9,11-12,14,17H,10H2,1H3. The van der Waals surface area contributed by atoms with Crippen LogP contribution in [0.25, 0.3) is 5.69 Å². The molecule has 0 amide bonds. The third-order valence-corrected chi connectivity index (χ3v) is 4.99. The highest BCUT2D eigenvalue weighted by atomic mass is 32.2.